The van der Waals surface area contributed by atoms with Crippen LogP contribution in [0.4, 0.5) is 0 Å². The molecule has 1 aliphatic heterocycles. The summed E-state index contributed by atoms with van der Waals surface area (Å²) in [6.45, 7) is 6.15. The van der Waals surface area contributed by atoms with E-state index in [-0.39, 0.29) is 5.03 Å². The fraction of sp³-hybridized carbons (Fsp3) is 0.750. The Morgan fingerprint density at radius 1 is 1.55 bits per heavy atom. The average molecular weight is 302 g/mol. The van der Waals surface area contributed by atoms with E-state index in [1.165, 1.54) is 6.20 Å². The number of H-pyrrole nitrogens is 1. The zero-order valence-corrected chi connectivity index (χ0v) is 12.7. The number of aromatic nitrogens is 2. The van der Waals surface area contributed by atoms with E-state index >= 15 is 0 Å². The third kappa shape index (κ3) is 3.57. The molecule has 1 aliphatic rings. The molecule has 0 aromatic carbocycles. The molecule has 0 amide bonds. The van der Waals surface area contributed by atoms with Crippen molar-refractivity contribution in [2.45, 2.75) is 43.8 Å². The molecular formula is C12H22N4O3S. The molecule has 1 saturated heterocycles. The highest BCUT2D eigenvalue weighted by Crippen LogP contribution is 2.22. The highest BCUT2D eigenvalue weighted by atomic mass is 32.2. The Morgan fingerprint density at radius 2 is 2.35 bits per heavy atom. The zero-order valence-electron chi connectivity index (χ0n) is 11.9. The maximum Gasteiger partial charge on any atom is 0.258 e. The number of hydrogen-bond acceptors (Lipinski definition) is 5. The van der Waals surface area contributed by atoms with Crippen LogP contribution in [0.25, 0.3) is 0 Å². The molecule has 3 N–H and O–H groups in total. The number of sulfonamides is 1. The number of ether oxygens (including phenoxy) is 1. The maximum absolute atomic E-state index is 12.5. The van der Waals surface area contributed by atoms with Gasteiger partial charge in [-0.2, -0.15) is 5.10 Å². The number of nitrogens with one attached hydrogen (secondary N) is 3. The molecule has 0 radical (unpaired) electrons. The molecule has 1 fully saturated rings. The molecule has 1 atom stereocenters. The van der Waals surface area contributed by atoms with Crippen LogP contribution in [0.2, 0.25) is 0 Å². The summed E-state index contributed by atoms with van der Waals surface area (Å²) in [6, 6.07) is 0. The van der Waals surface area contributed by atoms with E-state index in [4.69, 9.17) is 4.74 Å². The number of hydrogen-bond donors (Lipinski definition) is 3. The molecule has 1 unspecified atom stereocenters. The van der Waals surface area contributed by atoms with Crippen LogP contribution in [0.15, 0.2) is 11.2 Å². The standard InChI is InChI=1S/C12H22N4O3S/c1-3-13-7-10-8-14-15-11(10)20(17,18)16-12(2)5-4-6-19-9-12/h8,13,16H,3-7,9H2,1-2H3,(H,14,15). The van der Waals surface area contributed by atoms with Gasteiger partial charge in [-0.1, -0.05) is 6.92 Å². The molecule has 0 saturated carbocycles. The van der Waals surface area contributed by atoms with Gasteiger partial charge in [-0.15, -0.1) is 0 Å². The van der Waals surface area contributed by atoms with Crippen LogP contribution >= 0.6 is 0 Å². The molecule has 1 aromatic heterocycles. The average Bonchev–Trinajstić information content (AvgIpc) is 2.85. The Kier molecular flexibility index (Phi) is 4.79. The second-order valence-corrected chi connectivity index (χ2v) is 6.95. The van der Waals surface area contributed by atoms with Crippen molar-refractivity contribution in [2.75, 3.05) is 19.8 Å². The first kappa shape index (κ1) is 15.4. The largest absolute Gasteiger partial charge is 0.380 e. The maximum atomic E-state index is 12.5. The van der Waals surface area contributed by atoms with Gasteiger partial charge in [0.25, 0.3) is 10.0 Å². The zero-order chi connectivity index (χ0) is 14.6. The van der Waals surface area contributed by atoms with Crippen LogP contribution in [0.5, 0.6) is 0 Å². The molecular weight excluding hydrogens is 280 g/mol. The van der Waals surface area contributed by atoms with Crippen molar-refractivity contribution in [3.8, 4) is 0 Å². The molecule has 1 aromatic rings. The summed E-state index contributed by atoms with van der Waals surface area (Å²) in [6.07, 6.45) is 3.16. The van der Waals surface area contributed by atoms with Crippen molar-refractivity contribution >= 4 is 10.0 Å². The van der Waals surface area contributed by atoms with E-state index < -0.39 is 15.6 Å². The van der Waals surface area contributed by atoms with Crippen molar-refractivity contribution in [3.05, 3.63) is 11.8 Å². The predicted octanol–water partition coefficient (Wildman–Crippen LogP) is 0.367. The van der Waals surface area contributed by atoms with Crippen LogP contribution < -0.4 is 10.0 Å². The molecule has 2 rings (SSSR count). The first-order valence-corrected chi connectivity index (χ1v) is 8.30. The van der Waals surface area contributed by atoms with Gasteiger partial charge < -0.3 is 10.1 Å². The number of nitrogens with zero attached hydrogens (tertiary/aromatic N) is 1. The van der Waals surface area contributed by atoms with E-state index in [0.29, 0.717) is 25.3 Å². The Morgan fingerprint density at radius 3 is 3.00 bits per heavy atom. The normalized spacial score (nSPS) is 23.9. The summed E-state index contributed by atoms with van der Waals surface area (Å²) in [4.78, 5) is 0. The van der Waals surface area contributed by atoms with Gasteiger partial charge in [0, 0.05) is 18.7 Å². The van der Waals surface area contributed by atoms with E-state index in [1.807, 2.05) is 13.8 Å². The van der Waals surface area contributed by atoms with Crippen LogP contribution in [0.3, 0.4) is 0 Å². The summed E-state index contributed by atoms with van der Waals surface area (Å²) in [5, 5.41) is 9.65. The van der Waals surface area contributed by atoms with Gasteiger partial charge in [-0.3, -0.25) is 5.10 Å². The predicted molar refractivity (Wildman–Crippen MR) is 74.7 cm³/mol. The molecule has 0 spiro atoms. The van der Waals surface area contributed by atoms with Crippen molar-refractivity contribution in [2.24, 2.45) is 0 Å². The first-order valence-electron chi connectivity index (χ1n) is 6.81. The minimum Gasteiger partial charge on any atom is -0.380 e. The lowest BCUT2D eigenvalue weighted by Crippen LogP contribution is -2.51. The highest BCUT2D eigenvalue weighted by Gasteiger charge is 2.34. The topological polar surface area (TPSA) is 96.1 Å². The molecule has 2 heterocycles. The Bertz CT molecular complexity index is 535. The third-order valence-corrected chi connectivity index (χ3v) is 4.98. The molecule has 0 aliphatic carbocycles. The smallest absolute Gasteiger partial charge is 0.258 e. The SMILES string of the molecule is CCNCc1cn[nH]c1S(=O)(=O)NC1(C)CCCOC1. The van der Waals surface area contributed by atoms with Gasteiger partial charge in [0.15, 0.2) is 5.03 Å². The summed E-state index contributed by atoms with van der Waals surface area (Å²) in [5.41, 5.74) is 0.0807. The van der Waals surface area contributed by atoms with E-state index in [0.717, 1.165) is 19.4 Å². The molecule has 8 heteroatoms. The summed E-state index contributed by atoms with van der Waals surface area (Å²) >= 11 is 0. The first-order chi connectivity index (χ1) is 9.47. The van der Waals surface area contributed by atoms with Gasteiger partial charge in [0.05, 0.1) is 18.3 Å². The molecule has 20 heavy (non-hydrogen) atoms. The van der Waals surface area contributed by atoms with Crippen LogP contribution in [-0.4, -0.2) is 43.9 Å². The molecule has 7 nitrogen and oxygen atoms in total. The van der Waals surface area contributed by atoms with Crippen molar-refractivity contribution < 1.29 is 13.2 Å². The van der Waals surface area contributed by atoms with Crippen molar-refractivity contribution in [1.82, 2.24) is 20.2 Å². The monoisotopic (exact) mass is 302 g/mol. The number of aromatic amines is 1. The van der Waals surface area contributed by atoms with Crippen LogP contribution in [-0.2, 0) is 21.3 Å². The quantitative estimate of drug-likeness (QED) is 0.705. The summed E-state index contributed by atoms with van der Waals surface area (Å²) in [7, 11) is -3.62. The van der Waals surface area contributed by atoms with Crippen LogP contribution in [0.1, 0.15) is 32.3 Å². The van der Waals surface area contributed by atoms with Gasteiger partial charge >= 0.3 is 0 Å². The molecule has 0 bridgehead atoms. The highest BCUT2D eigenvalue weighted by molar-refractivity contribution is 7.89. The van der Waals surface area contributed by atoms with Gasteiger partial charge in [0.1, 0.15) is 0 Å². The second kappa shape index (κ2) is 6.21. The fourth-order valence-electron chi connectivity index (χ4n) is 2.31. The van der Waals surface area contributed by atoms with E-state index in [1.54, 1.807) is 0 Å². The number of rotatable bonds is 6. The lowest BCUT2D eigenvalue weighted by Gasteiger charge is -2.33. The van der Waals surface area contributed by atoms with Gasteiger partial charge in [0.2, 0.25) is 0 Å². The minimum atomic E-state index is -3.62. The van der Waals surface area contributed by atoms with Gasteiger partial charge in [-0.05, 0) is 26.3 Å². The lowest BCUT2D eigenvalue weighted by atomic mass is 9.97. The van der Waals surface area contributed by atoms with Crippen molar-refractivity contribution in [1.29, 1.82) is 0 Å². The Hall–Kier alpha value is -0.960. The van der Waals surface area contributed by atoms with E-state index in [9.17, 15) is 8.42 Å². The molecule has 114 valence electrons. The summed E-state index contributed by atoms with van der Waals surface area (Å²) < 4.78 is 33.1. The second-order valence-electron chi connectivity index (χ2n) is 5.33. The van der Waals surface area contributed by atoms with E-state index in [2.05, 4.69) is 20.2 Å². The van der Waals surface area contributed by atoms with Crippen LogP contribution in [0, 0.1) is 0 Å². The van der Waals surface area contributed by atoms with Gasteiger partial charge in [-0.25, -0.2) is 13.1 Å². The Labute approximate surface area is 119 Å². The lowest BCUT2D eigenvalue weighted by molar-refractivity contribution is 0.0386. The third-order valence-electron chi connectivity index (χ3n) is 3.33. The Balaban J connectivity index is 2.15. The minimum absolute atomic E-state index is 0.130. The van der Waals surface area contributed by atoms with Crippen molar-refractivity contribution in [3.63, 3.8) is 0 Å². The fourth-order valence-corrected chi connectivity index (χ4v) is 3.86. The summed E-state index contributed by atoms with van der Waals surface area (Å²) in [5.74, 6) is 0.